The maximum absolute atomic E-state index is 13.6. The van der Waals surface area contributed by atoms with Crippen LogP contribution in [0.25, 0.3) is 10.9 Å². The summed E-state index contributed by atoms with van der Waals surface area (Å²) >= 11 is 0. The summed E-state index contributed by atoms with van der Waals surface area (Å²) in [6, 6.07) is 7.25. The Kier molecular flexibility index (Phi) is 4.17. The fourth-order valence-corrected chi connectivity index (χ4v) is 7.90. The molecule has 0 radical (unpaired) electrons. The predicted molar refractivity (Wildman–Crippen MR) is 130 cm³/mol. The molecule has 4 nitrogen and oxygen atoms in total. The SMILES string of the molecule is CC(C)=CCc1cccc2c3c([nH]c12)C(C)(C)[C@H]1C[C@]24CCC[C@H](C)N2C[C@@]1(C3)NC4=O. The highest BCUT2D eigenvalue weighted by molar-refractivity contribution is 5.92. The molecular formula is C28H37N3O. The van der Waals surface area contributed by atoms with Crippen molar-refractivity contribution in [3.63, 3.8) is 0 Å². The lowest BCUT2D eigenvalue weighted by molar-refractivity contribution is -0.178. The van der Waals surface area contributed by atoms with Gasteiger partial charge in [-0.25, -0.2) is 0 Å². The molecule has 5 aliphatic rings. The molecule has 1 aromatic carbocycles. The molecule has 1 amide bonds. The minimum Gasteiger partial charge on any atom is -0.357 e. The molecule has 1 aliphatic carbocycles. The number of hydrogen-bond acceptors (Lipinski definition) is 2. The van der Waals surface area contributed by atoms with Crippen LogP contribution in [0.5, 0.6) is 0 Å². The van der Waals surface area contributed by atoms with E-state index in [2.05, 4.69) is 74.1 Å². The van der Waals surface area contributed by atoms with E-state index in [4.69, 9.17) is 0 Å². The summed E-state index contributed by atoms with van der Waals surface area (Å²) in [5.74, 6) is 0.755. The number of amides is 1. The number of rotatable bonds is 2. The number of aromatic nitrogens is 1. The molecule has 4 fully saturated rings. The zero-order chi connectivity index (χ0) is 22.5. The molecule has 5 heterocycles. The van der Waals surface area contributed by atoms with Crippen molar-refractivity contribution >= 4 is 16.8 Å². The van der Waals surface area contributed by atoms with E-state index in [1.807, 2.05) is 0 Å². The third-order valence-corrected chi connectivity index (χ3v) is 9.51. The Morgan fingerprint density at radius 3 is 2.88 bits per heavy atom. The van der Waals surface area contributed by atoms with Gasteiger partial charge in [-0.2, -0.15) is 0 Å². The van der Waals surface area contributed by atoms with Gasteiger partial charge in [0.05, 0.1) is 5.54 Å². The van der Waals surface area contributed by atoms with Crippen molar-refractivity contribution in [1.82, 2.24) is 15.2 Å². The van der Waals surface area contributed by atoms with Crippen LogP contribution >= 0.6 is 0 Å². The second-order valence-electron chi connectivity index (χ2n) is 12.0. The maximum atomic E-state index is 13.6. The molecule has 2 bridgehead atoms. The van der Waals surface area contributed by atoms with E-state index in [0.29, 0.717) is 17.9 Å². The number of fused-ring (bicyclic) bond motifs is 4. The molecule has 0 unspecified atom stereocenters. The fourth-order valence-electron chi connectivity index (χ4n) is 7.90. The van der Waals surface area contributed by atoms with E-state index >= 15 is 0 Å². The summed E-state index contributed by atoms with van der Waals surface area (Å²) in [4.78, 5) is 20.1. The van der Waals surface area contributed by atoms with Crippen LogP contribution in [0.4, 0.5) is 0 Å². The van der Waals surface area contributed by atoms with E-state index in [-0.39, 0.29) is 16.5 Å². The van der Waals surface area contributed by atoms with Gasteiger partial charge >= 0.3 is 0 Å². The summed E-state index contributed by atoms with van der Waals surface area (Å²) in [5.41, 5.74) is 6.39. The van der Waals surface area contributed by atoms with Gasteiger partial charge in [-0.1, -0.05) is 43.7 Å². The Balaban J connectivity index is 1.51. The number of carbonyl (C=O) groups excluding carboxylic acids is 1. The summed E-state index contributed by atoms with van der Waals surface area (Å²) in [6.07, 6.45) is 8.60. The van der Waals surface area contributed by atoms with Crippen molar-refractivity contribution in [1.29, 1.82) is 0 Å². The zero-order valence-corrected chi connectivity index (χ0v) is 20.3. The molecule has 170 valence electrons. The molecule has 4 atom stereocenters. The minimum absolute atomic E-state index is 0.00609. The van der Waals surface area contributed by atoms with Crippen molar-refractivity contribution in [3.8, 4) is 0 Å². The van der Waals surface area contributed by atoms with E-state index in [1.165, 1.54) is 39.7 Å². The molecule has 0 saturated carbocycles. The Hall–Kier alpha value is -2.07. The average Bonchev–Trinajstić information content (AvgIpc) is 3.11. The topological polar surface area (TPSA) is 48.1 Å². The first-order chi connectivity index (χ1) is 15.2. The highest BCUT2D eigenvalue weighted by Gasteiger charge is 2.68. The van der Waals surface area contributed by atoms with Crippen molar-refractivity contribution in [2.24, 2.45) is 5.92 Å². The summed E-state index contributed by atoms with van der Waals surface area (Å²) in [6.45, 7) is 12.5. The first-order valence-electron chi connectivity index (χ1n) is 12.5. The van der Waals surface area contributed by atoms with Crippen LogP contribution in [-0.2, 0) is 23.1 Å². The number of hydrogen-bond donors (Lipinski definition) is 2. The largest absolute Gasteiger partial charge is 0.357 e. The normalized spacial score (nSPS) is 35.1. The van der Waals surface area contributed by atoms with Gasteiger partial charge in [-0.3, -0.25) is 9.69 Å². The summed E-state index contributed by atoms with van der Waals surface area (Å²) < 4.78 is 0. The van der Waals surface area contributed by atoms with Crippen LogP contribution < -0.4 is 5.32 Å². The van der Waals surface area contributed by atoms with Crippen molar-refractivity contribution in [2.45, 2.75) is 95.7 Å². The Bertz CT molecular complexity index is 1150. The van der Waals surface area contributed by atoms with Crippen LogP contribution in [0.15, 0.2) is 29.8 Å². The van der Waals surface area contributed by atoms with E-state index < -0.39 is 0 Å². The van der Waals surface area contributed by atoms with Gasteiger partial charge < -0.3 is 10.3 Å². The van der Waals surface area contributed by atoms with Crippen LogP contribution in [-0.4, -0.2) is 39.5 Å². The van der Waals surface area contributed by atoms with Gasteiger partial charge in [0, 0.05) is 34.6 Å². The smallest absolute Gasteiger partial charge is 0.241 e. The molecule has 2 spiro atoms. The number of nitrogens with one attached hydrogen (secondary N) is 2. The molecule has 7 rings (SSSR count). The number of carbonyl (C=O) groups is 1. The van der Waals surface area contributed by atoms with Crippen LogP contribution in [0, 0.1) is 5.92 Å². The minimum atomic E-state index is -0.292. The lowest BCUT2D eigenvalue weighted by Crippen LogP contribution is -2.85. The second kappa shape index (κ2) is 6.50. The van der Waals surface area contributed by atoms with Gasteiger partial charge in [0.25, 0.3) is 0 Å². The number of nitrogens with zero attached hydrogens (tertiary/aromatic N) is 1. The Labute approximate surface area is 191 Å². The van der Waals surface area contributed by atoms with Gasteiger partial charge in [0.1, 0.15) is 5.54 Å². The standard InChI is InChI=1S/C28H37N3O/c1-17(2)11-12-19-9-6-10-20-21-14-27-16-31-18(3)8-7-13-28(31,25(32)30-27)15-22(27)26(4,5)24(21)29-23(19)20/h6,9-11,18,22,29H,7-8,12-16H2,1-5H3,(H,30,32)/t18-,22+,27+,28-/m0/s1. The van der Waals surface area contributed by atoms with Crippen molar-refractivity contribution < 1.29 is 4.79 Å². The van der Waals surface area contributed by atoms with Crippen molar-refractivity contribution in [3.05, 3.63) is 46.7 Å². The quantitative estimate of drug-likeness (QED) is 0.657. The molecule has 1 aromatic heterocycles. The molecular weight excluding hydrogens is 394 g/mol. The lowest BCUT2D eigenvalue weighted by Gasteiger charge is -2.69. The third kappa shape index (κ3) is 2.50. The number of benzene rings is 1. The highest BCUT2D eigenvalue weighted by atomic mass is 16.2. The number of piperidine rings is 3. The molecule has 2 aromatic rings. The van der Waals surface area contributed by atoms with Gasteiger partial charge in [0.2, 0.25) is 5.91 Å². The lowest BCUT2D eigenvalue weighted by atomic mass is 9.50. The average molecular weight is 432 g/mol. The highest BCUT2D eigenvalue weighted by Crippen LogP contribution is 2.59. The second-order valence-corrected chi connectivity index (χ2v) is 12.0. The van der Waals surface area contributed by atoms with E-state index in [0.717, 1.165) is 38.6 Å². The Morgan fingerprint density at radius 1 is 1.28 bits per heavy atom. The van der Waals surface area contributed by atoms with Crippen LogP contribution in [0.1, 0.15) is 77.1 Å². The maximum Gasteiger partial charge on any atom is 0.241 e. The Morgan fingerprint density at radius 2 is 2.09 bits per heavy atom. The van der Waals surface area contributed by atoms with Crippen molar-refractivity contribution in [2.75, 3.05) is 6.54 Å². The molecule has 4 aliphatic heterocycles. The number of allylic oxidation sites excluding steroid dienone is 2. The van der Waals surface area contributed by atoms with E-state index in [9.17, 15) is 4.79 Å². The monoisotopic (exact) mass is 431 g/mol. The molecule has 4 saturated heterocycles. The molecule has 32 heavy (non-hydrogen) atoms. The zero-order valence-electron chi connectivity index (χ0n) is 20.3. The summed E-state index contributed by atoms with van der Waals surface area (Å²) in [5, 5.41) is 4.99. The number of piperazine rings is 1. The number of H-pyrrole nitrogens is 1. The predicted octanol–water partition coefficient (Wildman–Crippen LogP) is 5.01. The number of para-hydroxylation sites is 1. The third-order valence-electron chi connectivity index (χ3n) is 9.51. The van der Waals surface area contributed by atoms with Crippen LogP contribution in [0.3, 0.4) is 0 Å². The first kappa shape index (κ1) is 20.5. The van der Waals surface area contributed by atoms with Gasteiger partial charge in [-0.05, 0) is 76.3 Å². The number of aromatic amines is 1. The van der Waals surface area contributed by atoms with Gasteiger partial charge in [0.15, 0.2) is 0 Å². The van der Waals surface area contributed by atoms with Crippen LogP contribution in [0.2, 0.25) is 0 Å². The first-order valence-corrected chi connectivity index (χ1v) is 12.5. The molecule has 2 N–H and O–H groups in total. The molecule has 4 heteroatoms. The fraction of sp³-hybridized carbons (Fsp3) is 0.607. The summed E-state index contributed by atoms with van der Waals surface area (Å²) in [7, 11) is 0. The van der Waals surface area contributed by atoms with Gasteiger partial charge in [-0.15, -0.1) is 0 Å². The van der Waals surface area contributed by atoms with E-state index in [1.54, 1.807) is 0 Å².